The van der Waals surface area contributed by atoms with E-state index in [2.05, 4.69) is 37.7 Å². The largest absolute Gasteiger partial charge is 0.395 e. The van der Waals surface area contributed by atoms with Gasteiger partial charge in [-0.25, -0.2) is 0 Å². The van der Waals surface area contributed by atoms with E-state index in [9.17, 15) is 0 Å². The number of anilines is 2. The summed E-state index contributed by atoms with van der Waals surface area (Å²) >= 11 is 0. The van der Waals surface area contributed by atoms with Crippen molar-refractivity contribution in [2.24, 2.45) is 0 Å². The van der Waals surface area contributed by atoms with Crippen LogP contribution in [-0.4, -0.2) is 45.0 Å². The normalized spacial score (nSPS) is 10.7. The van der Waals surface area contributed by atoms with Crippen LogP contribution in [-0.2, 0) is 0 Å². The maximum atomic E-state index is 8.82. The van der Waals surface area contributed by atoms with E-state index in [-0.39, 0.29) is 6.61 Å². The van der Waals surface area contributed by atoms with Gasteiger partial charge in [0.2, 0.25) is 5.95 Å². The maximum Gasteiger partial charge on any atom is 0.226 e. The first-order chi connectivity index (χ1) is 8.35. The molecule has 0 aliphatic heterocycles. The Morgan fingerprint density at radius 1 is 1.29 bits per heavy atom. The number of nitrogens with one attached hydrogen (secondary N) is 3. The highest BCUT2D eigenvalue weighted by molar-refractivity contribution is 5.86. The number of aromatic nitrogens is 4. The van der Waals surface area contributed by atoms with Crippen molar-refractivity contribution in [3.05, 3.63) is 6.20 Å². The Hall–Kier alpha value is -1.89. The van der Waals surface area contributed by atoms with Crippen LogP contribution in [0.5, 0.6) is 0 Å². The van der Waals surface area contributed by atoms with E-state index in [1.165, 1.54) is 0 Å². The molecule has 0 unspecified atom stereocenters. The number of H-pyrrole nitrogens is 1. The van der Waals surface area contributed by atoms with Gasteiger partial charge in [0, 0.05) is 13.1 Å². The summed E-state index contributed by atoms with van der Waals surface area (Å²) in [6.45, 7) is 3.40. The molecule has 7 heteroatoms. The van der Waals surface area contributed by atoms with Crippen molar-refractivity contribution in [1.29, 1.82) is 0 Å². The second kappa shape index (κ2) is 5.44. The molecule has 0 aliphatic carbocycles. The van der Waals surface area contributed by atoms with E-state index in [1.807, 2.05) is 0 Å². The van der Waals surface area contributed by atoms with E-state index in [0.29, 0.717) is 24.0 Å². The predicted octanol–water partition coefficient (Wildman–Crippen LogP) is 0.579. The summed E-state index contributed by atoms with van der Waals surface area (Å²) in [5, 5.41) is 22.5. The first-order valence-corrected chi connectivity index (χ1v) is 5.65. The standard InChI is InChI=1S/C10H16N6O/c1-2-3-12-10-14-8(11-4-5-17)7-6-13-16-9(7)15-10/h6,17H,2-5H2,1H3,(H3,11,12,13,14,15,16). The molecular weight excluding hydrogens is 220 g/mol. The van der Waals surface area contributed by atoms with E-state index in [0.717, 1.165) is 18.4 Å². The molecule has 2 aromatic heterocycles. The summed E-state index contributed by atoms with van der Waals surface area (Å²) in [5.74, 6) is 1.24. The Morgan fingerprint density at radius 3 is 2.94 bits per heavy atom. The molecule has 0 bridgehead atoms. The molecular formula is C10H16N6O. The van der Waals surface area contributed by atoms with Gasteiger partial charge < -0.3 is 15.7 Å². The molecule has 92 valence electrons. The highest BCUT2D eigenvalue weighted by Crippen LogP contribution is 2.19. The Morgan fingerprint density at radius 2 is 2.18 bits per heavy atom. The first-order valence-electron chi connectivity index (χ1n) is 5.65. The molecule has 7 nitrogen and oxygen atoms in total. The number of fused-ring (bicyclic) bond motifs is 1. The summed E-state index contributed by atoms with van der Waals surface area (Å²) < 4.78 is 0. The Balaban J connectivity index is 2.29. The van der Waals surface area contributed by atoms with Gasteiger partial charge in [-0.2, -0.15) is 15.1 Å². The SMILES string of the molecule is CCCNc1nc(NCCO)c2cn[nH]c2n1. The lowest BCUT2D eigenvalue weighted by Gasteiger charge is -2.08. The third-order valence-electron chi connectivity index (χ3n) is 2.25. The second-order valence-corrected chi connectivity index (χ2v) is 3.61. The van der Waals surface area contributed by atoms with Crippen LogP contribution in [0.4, 0.5) is 11.8 Å². The molecule has 0 spiro atoms. The molecule has 2 heterocycles. The summed E-state index contributed by atoms with van der Waals surface area (Å²) in [7, 11) is 0. The number of nitrogens with zero attached hydrogens (tertiary/aromatic N) is 3. The van der Waals surface area contributed by atoms with Crippen molar-refractivity contribution in [1.82, 2.24) is 20.2 Å². The maximum absolute atomic E-state index is 8.82. The summed E-state index contributed by atoms with van der Waals surface area (Å²) in [4.78, 5) is 8.64. The van der Waals surface area contributed by atoms with Crippen LogP contribution in [0.1, 0.15) is 13.3 Å². The van der Waals surface area contributed by atoms with Crippen LogP contribution in [0, 0.1) is 0 Å². The van der Waals surface area contributed by atoms with Gasteiger partial charge in [0.1, 0.15) is 5.82 Å². The van der Waals surface area contributed by atoms with E-state index >= 15 is 0 Å². The fourth-order valence-electron chi connectivity index (χ4n) is 1.46. The summed E-state index contributed by atoms with van der Waals surface area (Å²) in [5.41, 5.74) is 0.680. The second-order valence-electron chi connectivity index (χ2n) is 3.61. The minimum Gasteiger partial charge on any atom is -0.395 e. The van der Waals surface area contributed by atoms with Gasteiger partial charge >= 0.3 is 0 Å². The van der Waals surface area contributed by atoms with Crippen molar-refractivity contribution < 1.29 is 5.11 Å². The quantitative estimate of drug-likeness (QED) is 0.585. The molecule has 0 aromatic carbocycles. The minimum atomic E-state index is 0.0566. The average Bonchev–Trinajstić information content (AvgIpc) is 2.81. The van der Waals surface area contributed by atoms with Gasteiger partial charge in [-0.15, -0.1) is 0 Å². The monoisotopic (exact) mass is 236 g/mol. The number of rotatable bonds is 6. The number of aliphatic hydroxyl groups is 1. The Labute approximate surface area is 98.7 Å². The van der Waals surface area contributed by atoms with Gasteiger partial charge in [0.15, 0.2) is 5.65 Å². The fraction of sp³-hybridized carbons (Fsp3) is 0.500. The van der Waals surface area contributed by atoms with E-state index < -0.39 is 0 Å². The zero-order valence-corrected chi connectivity index (χ0v) is 9.69. The topological polar surface area (TPSA) is 98.8 Å². The van der Waals surface area contributed by atoms with E-state index in [4.69, 9.17) is 5.11 Å². The third kappa shape index (κ3) is 2.62. The van der Waals surface area contributed by atoms with Gasteiger partial charge in [-0.3, -0.25) is 5.10 Å². The van der Waals surface area contributed by atoms with Gasteiger partial charge in [-0.05, 0) is 6.42 Å². The van der Waals surface area contributed by atoms with Crippen LogP contribution < -0.4 is 10.6 Å². The summed E-state index contributed by atoms with van der Waals surface area (Å²) in [6.07, 6.45) is 2.67. The molecule has 0 saturated heterocycles. The first kappa shape index (κ1) is 11.6. The van der Waals surface area contributed by atoms with E-state index in [1.54, 1.807) is 6.20 Å². The lowest BCUT2D eigenvalue weighted by atomic mass is 10.4. The van der Waals surface area contributed by atoms with Crippen molar-refractivity contribution in [3.63, 3.8) is 0 Å². The van der Waals surface area contributed by atoms with Crippen LogP contribution in [0.3, 0.4) is 0 Å². The zero-order valence-electron chi connectivity index (χ0n) is 9.69. The average molecular weight is 236 g/mol. The number of hydrogen-bond donors (Lipinski definition) is 4. The predicted molar refractivity (Wildman–Crippen MR) is 66.0 cm³/mol. The smallest absolute Gasteiger partial charge is 0.226 e. The van der Waals surface area contributed by atoms with Gasteiger partial charge in [0.25, 0.3) is 0 Å². The van der Waals surface area contributed by atoms with Crippen molar-refractivity contribution in [2.75, 3.05) is 30.3 Å². The fourth-order valence-corrected chi connectivity index (χ4v) is 1.46. The molecule has 0 aliphatic rings. The lowest BCUT2D eigenvalue weighted by Crippen LogP contribution is -2.10. The van der Waals surface area contributed by atoms with Crippen LogP contribution in [0.25, 0.3) is 11.0 Å². The van der Waals surface area contributed by atoms with Gasteiger partial charge in [-0.1, -0.05) is 6.92 Å². The van der Waals surface area contributed by atoms with Crippen LogP contribution >= 0.6 is 0 Å². The molecule has 4 N–H and O–H groups in total. The molecule has 0 atom stereocenters. The van der Waals surface area contributed by atoms with Crippen molar-refractivity contribution >= 4 is 22.8 Å². The molecule has 0 amide bonds. The third-order valence-corrected chi connectivity index (χ3v) is 2.25. The number of aromatic amines is 1. The molecule has 0 saturated carbocycles. The molecule has 0 fully saturated rings. The Bertz CT molecular complexity index is 483. The molecule has 0 radical (unpaired) electrons. The van der Waals surface area contributed by atoms with Crippen molar-refractivity contribution in [2.45, 2.75) is 13.3 Å². The molecule has 2 rings (SSSR count). The zero-order chi connectivity index (χ0) is 12.1. The number of hydrogen-bond acceptors (Lipinski definition) is 6. The van der Waals surface area contributed by atoms with Gasteiger partial charge in [0.05, 0.1) is 18.2 Å². The Kier molecular flexibility index (Phi) is 3.71. The highest BCUT2D eigenvalue weighted by Gasteiger charge is 2.08. The molecule has 2 aromatic rings. The summed E-state index contributed by atoms with van der Waals surface area (Å²) in [6, 6.07) is 0. The van der Waals surface area contributed by atoms with Crippen LogP contribution in [0.15, 0.2) is 6.20 Å². The minimum absolute atomic E-state index is 0.0566. The lowest BCUT2D eigenvalue weighted by molar-refractivity contribution is 0.311. The highest BCUT2D eigenvalue weighted by atomic mass is 16.3. The van der Waals surface area contributed by atoms with Crippen LogP contribution in [0.2, 0.25) is 0 Å². The molecule has 17 heavy (non-hydrogen) atoms. The van der Waals surface area contributed by atoms with Crippen molar-refractivity contribution in [3.8, 4) is 0 Å². The number of aliphatic hydroxyl groups excluding tert-OH is 1.